The highest BCUT2D eigenvalue weighted by Crippen LogP contribution is 2.36. The Labute approximate surface area is 175 Å². The van der Waals surface area contributed by atoms with Crippen LogP contribution in [0.15, 0.2) is 42.7 Å². The van der Waals surface area contributed by atoms with Gasteiger partial charge >= 0.3 is 5.69 Å². The Morgan fingerprint density at radius 3 is 2.34 bits per heavy atom. The van der Waals surface area contributed by atoms with Gasteiger partial charge in [0, 0.05) is 35.1 Å². The Balaban J connectivity index is 1.76. The maximum absolute atomic E-state index is 11.5. The number of pyridine rings is 1. The lowest BCUT2D eigenvalue weighted by Gasteiger charge is -2.04. The minimum Gasteiger partial charge on any atom is -0.378 e. The molecule has 0 saturated heterocycles. The summed E-state index contributed by atoms with van der Waals surface area (Å²) in [6, 6.07) is 7.66. The molecule has 0 bridgehead atoms. The van der Waals surface area contributed by atoms with Crippen LogP contribution in [0, 0.1) is 20.2 Å². The fourth-order valence-electron chi connectivity index (χ4n) is 2.93. The molecule has 0 amide bonds. The molecule has 29 heavy (non-hydrogen) atoms. The monoisotopic (exact) mass is 435 g/mol. The van der Waals surface area contributed by atoms with Gasteiger partial charge in [-0.2, -0.15) is 0 Å². The van der Waals surface area contributed by atoms with Crippen molar-refractivity contribution in [2.75, 3.05) is 5.73 Å². The zero-order valence-corrected chi connectivity index (χ0v) is 16.4. The third kappa shape index (κ3) is 4.64. The number of nitrogens with zero attached hydrogens (tertiary/aromatic N) is 4. The first-order valence-electron chi connectivity index (χ1n) is 8.45. The Morgan fingerprint density at radius 1 is 1.00 bits per heavy atom. The number of benzene rings is 1. The summed E-state index contributed by atoms with van der Waals surface area (Å²) >= 11 is 12.1. The number of nitrogens with two attached hydrogens (primary N) is 1. The fraction of sp³-hybridized carbons (Fsp3) is 0.167. The van der Waals surface area contributed by atoms with Crippen molar-refractivity contribution in [3.8, 4) is 11.1 Å². The molecule has 11 heteroatoms. The van der Waals surface area contributed by atoms with Crippen molar-refractivity contribution in [2.45, 2.75) is 19.4 Å². The van der Waals surface area contributed by atoms with Gasteiger partial charge in [0.15, 0.2) is 0 Å². The quantitative estimate of drug-likeness (QED) is 0.415. The van der Waals surface area contributed by atoms with Crippen LogP contribution in [0.25, 0.3) is 11.1 Å². The van der Waals surface area contributed by atoms with E-state index in [1.807, 2.05) is 0 Å². The number of hydrogen-bond acceptors (Lipinski definition) is 6. The molecular weight excluding hydrogens is 421 g/mol. The molecule has 0 aliphatic carbocycles. The predicted molar refractivity (Wildman–Crippen MR) is 110 cm³/mol. The summed E-state index contributed by atoms with van der Waals surface area (Å²) in [4.78, 5) is 25.2. The lowest BCUT2D eigenvalue weighted by Crippen LogP contribution is -2.03. The van der Waals surface area contributed by atoms with Crippen LogP contribution in [0.4, 0.5) is 17.2 Å². The molecule has 0 fully saturated rings. The van der Waals surface area contributed by atoms with Crippen molar-refractivity contribution in [3.05, 3.63) is 78.7 Å². The highest BCUT2D eigenvalue weighted by atomic mass is 35.5. The SMILES string of the molecule is Nc1nc(CCCn2cc(-c3ccc(Cl)cc3Cl)c([N+](=O)[O-])c2)ccc1[N+](=O)[O-]. The van der Waals surface area contributed by atoms with Crippen molar-refractivity contribution >= 4 is 40.4 Å². The fourth-order valence-corrected chi connectivity index (χ4v) is 3.44. The van der Waals surface area contributed by atoms with Gasteiger partial charge in [0.05, 0.1) is 26.6 Å². The van der Waals surface area contributed by atoms with Gasteiger partial charge in [-0.05, 0) is 31.0 Å². The van der Waals surface area contributed by atoms with Gasteiger partial charge in [-0.3, -0.25) is 20.2 Å². The molecule has 3 aromatic rings. The van der Waals surface area contributed by atoms with Crippen molar-refractivity contribution in [2.24, 2.45) is 0 Å². The maximum atomic E-state index is 11.5. The summed E-state index contributed by atoms with van der Waals surface area (Å²) in [7, 11) is 0. The smallest absolute Gasteiger partial charge is 0.311 e. The topological polar surface area (TPSA) is 130 Å². The Bertz CT molecular complexity index is 1100. The molecule has 0 aliphatic heterocycles. The molecule has 0 spiro atoms. The molecule has 2 aromatic heterocycles. The molecule has 150 valence electrons. The molecule has 0 atom stereocenters. The number of nitrogen functional groups attached to an aromatic ring is 1. The number of halogens is 2. The van der Waals surface area contributed by atoms with Crippen LogP contribution >= 0.6 is 23.2 Å². The average molecular weight is 436 g/mol. The Kier molecular flexibility index (Phi) is 6.00. The highest BCUT2D eigenvalue weighted by Gasteiger charge is 2.21. The zero-order valence-electron chi connectivity index (χ0n) is 14.9. The molecule has 9 nitrogen and oxygen atoms in total. The van der Waals surface area contributed by atoms with E-state index in [2.05, 4.69) is 4.98 Å². The van der Waals surface area contributed by atoms with Crippen molar-refractivity contribution < 1.29 is 9.85 Å². The standard InChI is InChI=1S/C18H15Cl2N5O4/c19-11-3-5-13(15(20)8-11)14-9-23(10-17(14)25(28)29)7-1-2-12-4-6-16(24(26)27)18(21)22-12/h3-6,8-10H,1-2,7H2,(H2,21,22). The first-order valence-corrected chi connectivity index (χ1v) is 9.21. The van der Waals surface area contributed by atoms with Crippen molar-refractivity contribution in [1.82, 2.24) is 9.55 Å². The van der Waals surface area contributed by atoms with Gasteiger partial charge in [0.2, 0.25) is 5.82 Å². The van der Waals surface area contributed by atoms with E-state index in [1.54, 1.807) is 29.0 Å². The van der Waals surface area contributed by atoms with E-state index in [4.69, 9.17) is 28.9 Å². The number of hydrogen-bond donors (Lipinski definition) is 1. The van der Waals surface area contributed by atoms with E-state index >= 15 is 0 Å². The van der Waals surface area contributed by atoms with Crippen molar-refractivity contribution in [3.63, 3.8) is 0 Å². The molecule has 1 aromatic carbocycles. The summed E-state index contributed by atoms with van der Waals surface area (Å²) < 4.78 is 1.70. The van der Waals surface area contributed by atoms with Gasteiger partial charge < -0.3 is 10.3 Å². The third-order valence-corrected chi connectivity index (χ3v) is 4.83. The first kappa shape index (κ1) is 20.6. The molecule has 3 rings (SSSR count). The van der Waals surface area contributed by atoms with Crippen LogP contribution in [0.1, 0.15) is 12.1 Å². The van der Waals surface area contributed by atoms with Gasteiger partial charge in [0.25, 0.3) is 5.69 Å². The minimum absolute atomic E-state index is 0.0630. The summed E-state index contributed by atoms with van der Waals surface area (Å²) in [5.74, 6) is -0.135. The molecule has 0 saturated carbocycles. The highest BCUT2D eigenvalue weighted by molar-refractivity contribution is 6.36. The normalized spacial score (nSPS) is 10.8. The van der Waals surface area contributed by atoms with Gasteiger partial charge in [-0.15, -0.1) is 0 Å². The summed E-state index contributed by atoms with van der Waals surface area (Å²) in [6.45, 7) is 0.477. The second kappa shape index (κ2) is 8.46. The van der Waals surface area contributed by atoms with Crippen LogP contribution in [0.5, 0.6) is 0 Å². The Morgan fingerprint density at radius 2 is 1.72 bits per heavy atom. The molecule has 2 N–H and O–H groups in total. The van der Waals surface area contributed by atoms with Gasteiger partial charge in [-0.1, -0.05) is 29.3 Å². The number of nitro groups is 2. The average Bonchev–Trinajstić information content (AvgIpc) is 3.05. The molecule has 0 unspecified atom stereocenters. The number of anilines is 1. The van der Waals surface area contributed by atoms with Crippen LogP contribution in [-0.4, -0.2) is 19.4 Å². The predicted octanol–water partition coefficient (Wildman–Crippen LogP) is 4.89. The first-order chi connectivity index (χ1) is 13.8. The molecule has 0 radical (unpaired) electrons. The maximum Gasteiger partial charge on any atom is 0.311 e. The Hall–Kier alpha value is -3.17. The lowest BCUT2D eigenvalue weighted by molar-refractivity contribution is -0.384. The molecular formula is C18H15Cl2N5O4. The van der Waals surface area contributed by atoms with Gasteiger partial charge in [0.1, 0.15) is 0 Å². The van der Waals surface area contributed by atoms with Crippen LogP contribution in [0.2, 0.25) is 10.0 Å². The summed E-state index contributed by atoms with van der Waals surface area (Å²) in [5, 5.41) is 23.0. The van der Waals surface area contributed by atoms with Crippen LogP contribution in [-0.2, 0) is 13.0 Å². The van der Waals surface area contributed by atoms with Crippen LogP contribution < -0.4 is 5.73 Å². The van der Waals surface area contributed by atoms with E-state index in [-0.39, 0.29) is 17.2 Å². The van der Waals surface area contributed by atoms with Crippen LogP contribution in [0.3, 0.4) is 0 Å². The molecule has 2 heterocycles. The third-order valence-electron chi connectivity index (χ3n) is 4.28. The number of aromatic nitrogens is 2. The van der Waals surface area contributed by atoms with E-state index in [0.29, 0.717) is 46.3 Å². The minimum atomic E-state index is -0.589. The summed E-state index contributed by atoms with van der Waals surface area (Å²) in [6.07, 6.45) is 4.21. The second-order valence-electron chi connectivity index (χ2n) is 6.24. The van der Waals surface area contributed by atoms with Crippen molar-refractivity contribution in [1.29, 1.82) is 0 Å². The zero-order chi connectivity index (χ0) is 21.1. The van der Waals surface area contributed by atoms with E-state index < -0.39 is 9.85 Å². The van der Waals surface area contributed by atoms with Gasteiger partial charge in [-0.25, -0.2) is 4.98 Å². The summed E-state index contributed by atoms with van der Waals surface area (Å²) in [5.41, 5.74) is 6.82. The lowest BCUT2D eigenvalue weighted by atomic mass is 10.1. The second-order valence-corrected chi connectivity index (χ2v) is 7.09. The molecule has 0 aliphatic rings. The van der Waals surface area contributed by atoms with E-state index in [9.17, 15) is 20.2 Å². The van der Waals surface area contributed by atoms with E-state index in [1.165, 1.54) is 18.3 Å². The number of rotatable bonds is 7. The number of aryl methyl sites for hydroxylation is 2. The largest absolute Gasteiger partial charge is 0.378 e. The van der Waals surface area contributed by atoms with E-state index in [0.717, 1.165) is 0 Å².